The Hall–Kier alpha value is -1.74. The van der Waals surface area contributed by atoms with Gasteiger partial charge in [0.1, 0.15) is 11.5 Å². The smallest absolute Gasteiger partial charge is 0.118 e. The molecular weight excluding hydrogens is 212 g/mol. The summed E-state index contributed by atoms with van der Waals surface area (Å²) in [6.45, 7) is 3.27. The van der Waals surface area contributed by atoms with Crippen molar-refractivity contribution in [1.29, 1.82) is 0 Å². The van der Waals surface area contributed by atoms with E-state index in [1.165, 1.54) is 11.3 Å². The summed E-state index contributed by atoms with van der Waals surface area (Å²) in [4.78, 5) is 2.19. The Bertz CT molecular complexity index is 476. The van der Waals surface area contributed by atoms with Crippen LogP contribution < -0.4 is 10.6 Å². The minimum Gasteiger partial charge on any atom is -0.465 e. The lowest BCUT2D eigenvalue weighted by Gasteiger charge is -2.18. The molecular formula is C14H18N2O. The average molecular weight is 230 g/mol. The first-order chi connectivity index (χ1) is 8.20. The highest BCUT2D eigenvalue weighted by Crippen LogP contribution is 2.19. The van der Waals surface area contributed by atoms with Crippen molar-refractivity contribution < 1.29 is 4.42 Å². The van der Waals surface area contributed by atoms with Gasteiger partial charge in [0.2, 0.25) is 0 Å². The number of rotatable bonds is 4. The highest BCUT2D eigenvalue weighted by molar-refractivity contribution is 5.46. The second-order valence-electron chi connectivity index (χ2n) is 4.19. The minimum absolute atomic E-state index is 0.454. The monoisotopic (exact) mass is 230 g/mol. The predicted molar refractivity (Wildman–Crippen MR) is 69.9 cm³/mol. The number of para-hydroxylation sites is 1. The van der Waals surface area contributed by atoms with Crippen molar-refractivity contribution >= 4 is 5.69 Å². The van der Waals surface area contributed by atoms with Crippen LogP contribution in [0.3, 0.4) is 0 Å². The molecule has 0 spiro atoms. The van der Waals surface area contributed by atoms with Crippen LogP contribution in [0.1, 0.15) is 17.1 Å². The van der Waals surface area contributed by atoms with E-state index in [0.29, 0.717) is 6.54 Å². The van der Waals surface area contributed by atoms with Gasteiger partial charge in [-0.15, -0.1) is 0 Å². The van der Waals surface area contributed by atoms with E-state index >= 15 is 0 Å². The van der Waals surface area contributed by atoms with Crippen molar-refractivity contribution in [2.45, 2.75) is 20.0 Å². The van der Waals surface area contributed by atoms with Gasteiger partial charge < -0.3 is 15.1 Å². The average Bonchev–Trinajstić information content (AvgIpc) is 2.71. The van der Waals surface area contributed by atoms with Crippen molar-refractivity contribution in [2.24, 2.45) is 5.73 Å². The maximum absolute atomic E-state index is 5.57. The van der Waals surface area contributed by atoms with Gasteiger partial charge in [-0.2, -0.15) is 0 Å². The minimum atomic E-state index is 0.454. The topological polar surface area (TPSA) is 42.4 Å². The molecule has 0 saturated carbocycles. The number of nitrogens with zero attached hydrogens (tertiary/aromatic N) is 1. The van der Waals surface area contributed by atoms with Crippen LogP contribution >= 0.6 is 0 Å². The molecule has 90 valence electrons. The number of hydrogen-bond acceptors (Lipinski definition) is 3. The van der Waals surface area contributed by atoms with E-state index in [9.17, 15) is 0 Å². The molecule has 2 rings (SSSR count). The molecule has 0 amide bonds. The summed E-state index contributed by atoms with van der Waals surface area (Å²) in [6.07, 6.45) is 0. The third-order valence-corrected chi connectivity index (χ3v) is 2.88. The van der Waals surface area contributed by atoms with Crippen LogP contribution in [0.15, 0.2) is 40.8 Å². The molecule has 0 radical (unpaired) electrons. The van der Waals surface area contributed by atoms with Crippen LogP contribution in [0.5, 0.6) is 0 Å². The number of hydrogen-bond donors (Lipinski definition) is 1. The maximum Gasteiger partial charge on any atom is 0.118 e. The lowest BCUT2D eigenvalue weighted by molar-refractivity contribution is 0.482. The normalized spacial score (nSPS) is 10.5. The summed E-state index contributed by atoms with van der Waals surface area (Å²) in [5.74, 6) is 1.80. The first kappa shape index (κ1) is 11.7. The summed E-state index contributed by atoms with van der Waals surface area (Å²) < 4.78 is 5.55. The Morgan fingerprint density at radius 2 is 1.94 bits per heavy atom. The van der Waals surface area contributed by atoms with Gasteiger partial charge in [-0.1, -0.05) is 18.2 Å². The third kappa shape index (κ3) is 2.68. The van der Waals surface area contributed by atoms with Crippen LogP contribution in [-0.2, 0) is 13.1 Å². The summed E-state index contributed by atoms with van der Waals surface area (Å²) in [7, 11) is 2.07. The fraction of sp³-hybridized carbons (Fsp3) is 0.286. The lowest BCUT2D eigenvalue weighted by atomic mass is 10.2. The van der Waals surface area contributed by atoms with Crippen molar-refractivity contribution in [3.05, 3.63) is 53.5 Å². The standard InChI is InChI=1S/C14H18N2O/c1-11-12(8-14(9-15)17-11)10-16(2)13-6-4-3-5-7-13/h3-8H,9-10,15H2,1-2H3. The van der Waals surface area contributed by atoms with Crippen molar-refractivity contribution in [2.75, 3.05) is 11.9 Å². The van der Waals surface area contributed by atoms with Gasteiger partial charge in [-0.25, -0.2) is 0 Å². The second kappa shape index (κ2) is 5.06. The third-order valence-electron chi connectivity index (χ3n) is 2.88. The fourth-order valence-electron chi connectivity index (χ4n) is 1.87. The van der Waals surface area contributed by atoms with E-state index in [1.807, 2.05) is 31.2 Å². The zero-order valence-electron chi connectivity index (χ0n) is 10.3. The molecule has 0 aliphatic carbocycles. The number of furan rings is 1. The van der Waals surface area contributed by atoms with Gasteiger partial charge >= 0.3 is 0 Å². The van der Waals surface area contributed by atoms with Gasteiger partial charge in [-0.3, -0.25) is 0 Å². The molecule has 0 fully saturated rings. The van der Waals surface area contributed by atoms with Crippen LogP contribution in [0.4, 0.5) is 5.69 Å². The van der Waals surface area contributed by atoms with E-state index in [1.54, 1.807) is 0 Å². The van der Waals surface area contributed by atoms with Crippen LogP contribution in [0.2, 0.25) is 0 Å². The van der Waals surface area contributed by atoms with E-state index in [4.69, 9.17) is 10.2 Å². The molecule has 2 aromatic rings. The molecule has 1 aromatic carbocycles. The van der Waals surface area contributed by atoms with Crippen molar-refractivity contribution in [3.8, 4) is 0 Å². The van der Waals surface area contributed by atoms with E-state index in [0.717, 1.165) is 18.1 Å². The van der Waals surface area contributed by atoms with Crippen molar-refractivity contribution in [1.82, 2.24) is 0 Å². The molecule has 0 bridgehead atoms. The molecule has 0 saturated heterocycles. The molecule has 2 N–H and O–H groups in total. The van der Waals surface area contributed by atoms with E-state index in [2.05, 4.69) is 24.1 Å². The molecule has 0 aliphatic heterocycles. The molecule has 1 heterocycles. The summed E-state index contributed by atoms with van der Waals surface area (Å²) in [6, 6.07) is 12.3. The molecule has 0 atom stereocenters. The maximum atomic E-state index is 5.57. The number of aryl methyl sites for hydroxylation is 1. The first-order valence-electron chi connectivity index (χ1n) is 5.75. The molecule has 0 aliphatic rings. The molecule has 0 unspecified atom stereocenters. The predicted octanol–water partition coefficient (Wildman–Crippen LogP) is 2.68. The number of nitrogens with two attached hydrogens (primary N) is 1. The first-order valence-corrected chi connectivity index (χ1v) is 5.75. The fourth-order valence-corrected chi connectivity index (χ4v) is 1.87. The Balaban J connectivity index is 2.13. The van der Waals surface area contributed by atoms with Crippen LogP contribution in [0, 0.1) is 6.92 Å². The highest BCUT2D eigenvalue weighted by atomic mass is 16.3. The Kier molecular flexibility index (Phi) is 3.49. The lowest BCUT2D eigenvalue weighted by Crippen LogP contribution is -2.16. The molecule has 3 nitrogen and oxygen atoms in total. The largest absolute Gasteiger partial charge is 0.465 e. The SMILES string of the molecule is Cc1oc(CN)cc1CN(C)c1ccccc1. The number of benzene rings is 1. The van der Waals surface area contributed by atoms with Gasteiger partial charge in [-0.05, 0) is 25.1 Å². The van der Waals surface area contributed by atoms with Gasteiger partial charge in [0, 0.05) is 24.8 Å². The van der Waals surface area contributed by atoms with Gasteiger partial charge in [0.15, 0.2) is 0 Å². The molecule has 17 heavy (non-hydrogen) atoms. The molecule has 1 aromatic heterocycles. The molecule has 3 heteroatoms. The van der Waals surface area contributed by atoms with Gasteiger partial charge in [0.25, 0.3) is 0 Å². The van der Waals surface area contributed by atoms with E-state index in [-0.39, 0.29) is 0 Å². The van der Waals surface area contributed by atoms with E-state index < -0.39 is 0 Å². The van der Waals surface area contributed by atoms with Crippen LogP contribution in [0.25, 0.3) is 0 Å². The Morgan fingerprint density at radius 1 is 1.24 bits per heavy atom. The number of anilines is 1. The zero-order chi connectivity index (χ0) is 12.3. The quantitative estimate of drug-likeness (QED) is 0.878. The highest BCUT2D eigenvalue weighted by Gasteiger charge is 2.09. The summed E-state index contributed by atoms with van der Waals surface area (Å²) in [5, 5.41) is 0. The van der Waals surface area contributed by atoms with Crippen LogP contribution in [-0.4, -0.2) is 7.05 Å². The Labute approximate surface area is 102 Å². The van der Waals surface area contributed by atoms with Crippen molar-refractivity contribution in [3.63, 3.8) is 0 Å². The summed E-state index contributed by atoms with van der Waals surface area (Å²) >= 11 is 0. The Morgan fingerprint density at radius 3 is 2.53 bits per heavy atom. The summed E-state index contributed by atoms with van der Waals surface area (Å²) in [5.41, 5.74) is 7.95. The zero-order valence-corrected chi connectivity index (χ0v) is 10.3. The van der Waals surface area contributed by atoms with Gasteiger partial charge in [0.05, 0.1) is 6.54 Å². The second-order valence-corrected chi connectivity index (χ2v) is 4.19.